The van der Waals surface area contributed by atoms with Gasteiger partial charge < -0.3 is 30.6 Å². The molecule has 0 radical (unpaired) electrons. The zero-order valence-electron chi connectivity index (χ0n) is 27.0. The van der Waals surface area contributed by atoms with Gasteiger partial charge in [0.05, 0.1) is 23.7 Å². The van der Waals surface area contributed by atoms with Crippen LogP contribution in [0.2, 0.25) is 0 Å². The molecule has 4 N–H and O–H groups in total. The molecule has 4 unspecified atom stereocenters. The second-order valence-electron chi connectivity index (χ2n) is 11.8. The molecule has 0 saturated heterocycles. The second kappa shape index (κ2) is 15.3. The van der Waals surface area contributed by atoms with E-state index in [0.717, 1.165) is 22.7 Å². The van der Waals surface area contributed by atoms with Crippen molar-refractivity contribution in [1.29, 1.82) is 0 Å². The lowest BCUT2D eigenvalue weighted by Crippen LogP contribution is -2.64. The molecule has 1 saturated carbocycles. The number of carbonyl (C=O) groups is 4. The van der Waals surface area contributed by atoms with Gasteiger partial charge in [0.2, 0.25) is 11.8 Å². The fraction of sp³-hybridized carbons (Fsp3) is 0.263. The third kappa shape index (κ3) is 7.33. The van der Waals surface area contributed by atoms with Crippen molar-refractivity contribution in [3.05, 3.63) is 109 Å². The van der Waals surface area contributed by atoms with Crippen molar-refractivity contribution in [3.8, 4) is 0 Å². The van der Waals surface area contributed by atoms with Crippen LogP contribution in [0.5, 0.6) is 0 Å². The minimum Gasteiger partial charge on any atom is -0.481 e. The summed E-state index contributed by atoms with van der Waals surface area (Å²) in [6.45, 7) is 4.31. The molecule has 48 heavy (non-hydrogen) atoms. The van der Waals surface area contributed by atoms with Crippen LogP contribution in [0.3, 0.4) is 0 Å². The Morgan fingerprint density at radius 1 is 0.500 bits per heavy atom. The number of para-hydroxylation sites is 2. The minimum absolute atomic E-state index is 0.264. The number of carbonyl (C=O) groups excluding carboxylic acids is 2. The molecule has 2 amide bonds. The van der Waals surface area contributed by atoms with Crippen molar-refractivity contribution in [3.63, 3.8) is 0 Å². The van der Waals surface area contributed by atoms with E-state index < -0.39 is 47.4 Å². The first-order valence-electron chi connectivity index (χ1n) is 16.2. The predicted octanol–water partition coefficient (Wildman–Crippen LogP) is 7.01. The van der Waals surface area contributed by atoms with Gasteiger partial charge in [0.25, 0.3) is 0 Å². The number of hydrogen-bond donors (Lipinski definition) is 4. The van der Waals surface area contributed by atoms with Crippen molar-refractivity contribution in [1.82, 2.24) is 0 Å². The summed E-state index contributed by atoms with van der Waals surface area (Å²) in [5.74, 6) is -9.81. The van der Waals surface area contributed by atoms with Crippen LogP contribution in [0.1, 0.15) is 26.7 Å². The molecule has 0 spiro atoms. The molecule has 0 heterocycles. The topological polar surface area (TPSA) is 139 Å². The van der Waals surface area contributed by atoms with Gasteiger partial charge in [-0.05, 0) is 85.6 Å². The first-order valence-corrected chi connectivity index (χ1v) is 16.2. The molecule has 5 rings (SSSR count). The van der Waals surface area contributed by atoms with Crippen molar-refractivity contribution in [2.24, 2.45) is 23.7 Å². The largest absolute Gasteiger partial charge is 0.481 e. The first kappa shape index (κ1) is 33.7. The SMILES string of the molecule is CCCN(C(=O)C1C(C(=O)O)C(C(=O)O)C1C(=O)N(CCC)c1ccc(Nc2ccccc2)cc1)c1ccc(Nc2ccccc2)cc1. The smallest absolute Gasteiger partial charge is 0.308 e. The maximum atomic E-state index is 14.3. The number of anilines is 6. The lowest BCUT2D eigenvalue weighted by atomic mass is 9.55. The molecule has 0 aromatic heterocycles. The molecular formula is C38H40N4O6. The average molecular weight is 649 g/mol. The van der Waals surface area contributed by atoms with Gasteiger partial charge in [-0.15, -0.1) is 0 Å². The van der Waals surface area contributed by atoms with E-state index in [1.807, 2.05) is 98.8 Å². The zero-order chi connectivity index (χ0) is 34.2. The van der Waals surface area contributed by atoms with E-state index in [2.05, 4.69) is 10.6 Å². The standard InChI is InChI=1S/C38H40N4O6/c1-3-23-41(29-19-15-27(16-20-29)39-25-11-7-5-8-12-25)35(43)31-32(34(38(47)48)33(31)37(45)46)36(44)42(24-4-2)30-21-17-28(18-22-30)40-26-13-9-6-10-14-26/h5-22,31-34,39-40H,3-4,23-24H2,1-2H3,(H,45,46)(H,47,48). The molecule has 1 fully saturated rings. The maximum Gasteiger partial charge on any atom is 0.308 e. The van der Waals surface area contributed by atoms with Gasteiger partial charge in [-0.3, -0.25) is 19.2 Å². The van der Waals surface area contributed by atoms with Crippen LogP contribution in [-0.2, 0) is 19.2 Å². The third-order valence-corrected chi connectivity index (χ3v) is 8.60. The number of rotatable bonds is 14. The number of carboxylic acids is 2. The average Bonchev–Trinajstić information content (AvgIpc) is 3.07. The van der Waals surface area contributed by atoms with Crippen LogP contribution in [0.25, 0.3) is 0 Å². The van der Waals surface area contributed by atoms with Crippen molar-refractivity contribution < 1.29 is 29.4 Å². The van der Waals surface area contributed by atoms with E-state index in [0.29, 0.717) is 24.2 Å². The summed E-state index contributed by atoms with van der Waals surface area (Å²) in [6.07, 6.45) is 1.12. The number of amides is 2. The van der Waals surface area contributed by atoms with Gasteiger partial charge in [0, 0.05) is 47.2 Å². The van der Waals surface area contributed by atoms with Crippen LogP contribution in [0.15, 0.2) is 109 Å². The maximum absolute atomic E-state index is 14.3. The van der Waals surface area contributed by atoms with Crippen LogP contribution in [-0.4, -0.2) is 47.1 Å². The summed E-state index contributed by atoms with van der Waals surface area (Å²) in [5, 5.41) is 26.9. The molecule has 4 aromatic carbocycles. The van der Waals surface area contributed by atoms with Crippen molar-refractivity contribution >= 4 is 57.9 Å². The zero-order valence-corrected chi connectivity index (χ0v) is 27.0. The van der Waals surface area contributed by atoms with E-state index in [-0.39, 0.29) is 13.1 Å². The minimum atomic E-state index is -1.55. The summed E-state index contributed by atoms with van der Waals surface area (Å²) in [6, 6.07) is 33.5. The lowest BCUT2D eigenvalue weighted by Gasteiger charge is -2.48. The monoisotopic (exact) mass is 648 g/mol. The van der Waals surface area contributed by atoms with Gasteiger partial charge in [-0.25, -0.2) is 0 Å². The van der Waals surface area contributed by atoms with Gasteiger partial charge in [0.1, 0.15) is 0 Å². The van der Waals surface area contributed by atoms with Gasteiger partial charge in [-0.2, -0.15) is 0 Å². The van der Waals surface area contributed by atoms with E-state index in [4.69, 9.17) is 0 Å². The summed E-state index contributed by atoms with van der Waals surface area (Å²) in [4.78, 5) is 56.5. The fourth-order valence-electron chi connectivity index (χ4n) is 6.34. The molecule has 4 atom stereocenters. The molecule has 1 aliphatic rings. The predicted molar refractivity (Wildman–Crippen MR) is 187 cm³/mol. The molecule has 0 aliphatic heterocycles. The third-order valence-electron chi connectivity index (χ3n) is 8.60. The quantitative estimate of drug-likeness (QED) is 0.115. The van der Waals surface area contributed by atoms with Crippen LogP contribution < -0.4 is 20.4 Å². The Hall–Kier alpha value is -5.64. The first-order chi connectivity index (χ1) is 23.2. The highest BCUT2D eigenvalue weighted by Gasteiger charge is 2.65. The highest BCUT2D eigenvalue weighted by atomic mass is 16.4. The van der Waals surface area contributed by atoms with E-state index in [1.165, 1.54) is 9.80 Å². The normalized spacial score (nSPS) is 18.2. The highest BCUT2D eigenvalue weighted by molar-refractivity contribution is 6.08. The van der Waals surface area contributed by atoms with Crippen LogP contribution in [0.4, 0.5) is 34.1 Å². The Morgan fingerprint density at radius 3 is 1.10 bits per heavy atom. The number of nitrogens with zero attached hydrogens (tertiary/aromatic N) is 2. The molecule has 10 heteroatoms. The fourth-order valence-corrected chi connectivity index (χ4v) is 6.34. The van der Waals surface area contributed by atoms with E-state index in [9.17, 15) is 29.4 Å². The molecule has 0 bridgehead atoms. The Balaban J connectivity index is 1.43. The van der Waals surface area contributed by atoms with Gasteiger partial charge in [-0.1, -0.05) is 50.2 Å². The Bertz CT molecular complexity index is 1590. The Morgan fingerprint density at radius 2 is 0.812 bits per heavy atom. The lowest BCUT2D eigenvalue weighted by molar-refractivity contribution is -0.180. The van der Waals surface area contributed by atoms with Gasteiger partial charge >= 0.3 is 11.9 Å². The number of aliphatic carboxylic acids is 2. The van der Waals surface area contributed by atoms with Crippen LogP contribution in [0, 0.1) is 23.7 Å². The van der Waals surface area contributed by atoms with Crippen molar-refractivity contribution in [2.75, 3.05) is 33.5 Å². The summed E-state index contributed by atoms with van der Waals surface area (Å²) >= 11 is 0. The molecular weight excluding hydrogens is 608 g/mol. The summed E-state index contributed by atoms with van der Waals surface area (Å²) < 4.78 is 0. The number of hydrogen-bond acceptors (Lipinski definition) is 6. The number of benzene rings is 4. The number of nitrogens with one attached hydrogen (secondary N) is 2. The number of carboxylic acid groups (broad SMARTS) is 2. The Labute approximate surface area is 280 Å². The Kier molecular flexibility index (Phi) is 10.7. The van der Waals surface area contributed by atoms with E-state index in [1.54, 1.807) is 24.3 Å². The second-order valence-corrected chi connectivity index (χ2v) is 11.8. The highest BCUT2D eigenvalue weighted by Crippen LogP contribution is 2.49. The summed E-state index contributed by atoms with van der Waals surface area (Å²) in [7, 11) is 0. The van der Waals surface area contributed by atoms with Crippen molar-refractivity contribution in [2.45, 2.75) is 26.7 Å². The van der Waals surface area contributed by atoms with Gasteiger partial charge in [0.15, 0.2) is 0 Å². The molecule has 1 aliphatic carbocycles. The summed E-state index contributed by atoms with van der Waals surface area (Å²) in [5.41, 5.74) is 4.43. The molecule has 4 aromatic rings. The van der Waals surface area contributed by atoms with Crippen LogP contribution >= 0.6 is 0 Å². The van der Waals surface area contributed by atoms with E-state index >= 15 is 0 Å². The molecule has 248 valence electrons. The molecule has 10 nitrogen and oxygen atoms in total.